The fourth-order valence-corrected chi connectivity index (χ4v) is 1.53. The zero-order valence-electron chi connectivity index (χ0n) is 8.47. The molecule has 0 spiro atoms. The predicted molar refractivity (Wildman–Crippen MR) is 53.9 cm³/mol. The predicted octanol–water partition coefficient (Wildman–Crippen LogP) is 3.63. The first kappa shape index (κ1) is 14.8. The molecule has 1 aromatic heterocycles. The van der Waals surface area contributed by atoms with Crippen molar-refractivity contribution in [2.75, 3.05) is 0 Å². The van der Waals surface area contributed by atoms with Gasteiger partial charge in [0.1, 0.15) is 5.69 Å². The monoisotopic (exact) mass is 333 g/mol. The molecule has 0 aliphatic heterocycles. The van der Waals surface area contributed by atoms with E-state index in [0.717, 1.165) is 0 Å². The lowest BCUT2D eigenvalue weighted by atomic mass is 10.2. The lowest BCUT2D eigenvalue weighted by Crippen LogP contribution is -2.20. The van der Waals surface area contributed by atoms with Gasteiger partial charge in [-0.3, -0.25) is 4.79 Å². The normalized spacial score (nSPS) is 11.7. The highest BCUT2D eigenvalue weighted by molar-refractivity contribution is 9.08. The number of aromatic nitrogens is 1. The molecule has 0 unspecified atom stereocenters. The van der Waals surface area contributed by atoms with Crippen molar-refractivity contribution >= 4 is 22.2 Å². The summed E-state index contributed by atoms with van der Waals surface area (Å²) in [5.74, 6) is -0.876. The van der Waals surface area contributed by atoms with Crippen LogP contribution in [0.4, 0.5) is 22.0 Å². The molecule has 0 saturated heterocycles. The Morgan fingerprint density at radius 3 is 2.44 bits per heavy atom. The quantitative estimate of drug-likeness (QED) is 0.480. The number of nitrogens with zero attached hydrogens (tertiary/aromatic N) is 1. The van der Waals surface area contributed by atoms with Gasteiger partial charge in [0.05, 0.1) is 11.3 Å². The van der Waals surface area contributed by atoms with Gasteiger partial charge in [0.25, 0.3) is 6.43 Å². The van der Waals surface area contributed by atoms with Crippen molar-refractivity contribution < 1.29 is 31.5 Å². The highest BCUT2D eigenvalue weighted by atomic mass is 79.9. The average Bonchev–Trinajstić information content (AvgIpc) is 2.26. The summed E-state index contributed by atoms with van der Waals surface area (Å²) in [7, 11) is 0. The van der Waals surface area contributed by atoms with Gasteiger partial charge in [0, 0.05) is 5.33 Å². The molecule has 0 aromatic carbocycles. The van der Waals surface area contributed by atoms with Gasteiger partial charge >= 0.3 is 6.36 Å². The third kappa shape index (κ3) is 3.62. The van der Waals surface area contributed by atoms with E-state index in [1.165, 1.54) is 0 Å². The van der Waals surface area contributed by atoms with Crippen LogP contribution in [0.1, 0.15) is 28.2 Å². The first-order chi connectivity index (χ1) is 8.28. The van der Waals surface area contributed by atoms with Crippen LogP contribution >= 0.6 is 15.9 Å². The number of carbonyl (C=O) groups excluding carboxylic acids is 1. The van der Waals surface area contributed by atoms with Crippen LogP contribution in [0.2, 0.25) is 0 Å². The van der Waals surface area contributed by atoms with Crippen molar-refractivity contribution in [1.29, 1.82) is 0 Å². The van der Waals surface area contributed by atoms with Crippen molar-refractivity contribution in [1.82, 2.24) is 4.98 Å². The van der Waals surface area contributed by atoms with Crippen LogP contribution in [0.3, 0.4) is 0 Å². The Bertz CT molecular complexity index is 449. The van der Waals surface area contributed by atoms with Crippen LogP contribution in [0, 0.1) is 0 Å². The Labute approximate surface area is 106 Å². The molecule has 0 saturated carbocycles. The van der Waals surface area contributed by atoms with Gasteiger partial charge in [-0.15, -0.1) is 13.2 Å². The lowest BCUT2D eigenvalue weighted by molar-refractivity contribution is -0.275. The Morgan fingerprint density at radius 1 is 1.44 bits per heavy atom. The molecule has 9 heteroatoms. The molecule has 0 N–H and O–H groups in total. The second-order valence-corrected chi connectivity index (χ2v) is 3.57. The number of aldehydes is 1. The number of carbonyl (C=O) groups is 1. The zero-order valence-corrected chi connectivity index (χ0v) is 10.1. The Morgan fingerprint density at radius 2 is 2.06 bits per heavy atom. The molecular formula is C9H5BrF5NO2. The molecule has 0 radical (unpaired) electrons. The summed E-state index contributed by atoms with van der Waals surface area (Å²) in [6.07, 6.45) is -8.04. The summed E-state index contributed by atoms with van der Waals surface area (Å²) in [5, 5.41) is -0.264. The zero-order chi connectivity index (χ0) is 13.9. The summed E-state index contributed by atoms with van der Waals surface area (Å²) >= 11 is 2.79. The van der Waals surface area contributed by atoms with Gasteiger partial charge in [0.15, 0.2) is 12.0 Å². The number of hydrogen-bond acceptors (Lipinski definition) is 3. The molecule has 3 nitrogen and oxygen atoms in total. The SMILES string of the molecule is O=Cc1cc(C(F)F)nc(CBr)c1OC(F)(F)F. The molecule has 0 atom stereocenters. The molecule has 1 heterocycles. The Hall–Kier alpha value is -1.25. The Kier molecular flexibility index (Phi) is 4.60. The van der Waals surface area contributed by atoms with Gasteiger partial charge in [0.2, 0.25) is 0 Å². The van der Waals surface area contributed by atoms with Crippen LogP contribution in [0.25, 0.3) is 0 Å². The van der Waals surface area contributed by atoms with Crippen molar-refractivity contribution in [3.05, 3.63) is 23.0 Å². The van der Waals surface area contributed by atoms with Crippen LogP contribution < -0.4 is 4.74 Å². The Balaban J connectivity index is 3.35. The van der Waals surface area contributed by atoms with E-state index < -0.39 is 35.5 Å². The van der Waals surface area contributed by atoms with E-state index in [0.29, 0.717) is 6.07 Å². The first-order valence-electron chi connectivity index (χ1n) is 4.37. The summed E-state index contributed by atoms with van der Waals surface area (Å²) in [4.78, 5) is 13.9. The minimum absolute atomic E-state index is 0.000787. The maximum Gasteiger partial charge on any atom is 0.573 e. The molecule has 0 bridgehead atoms. The van der Waals surface area contributed by atoms with E-state index >= 15 is 0 Å². The molecule has 1 rings (SSSR count). The minimum atomic E-state index is -5.04. The number of halogens is 6. The number of ether oxygens (including phenoxy) is 1. The number of hydrogen-bond donors (Lipinski definition) is 0. The summed E-state index contributed by atoms with van der Waals surface area (Å²) < 4.78 is 64.7. The molecule has 0 fully saturated rings. The standard InChI is InChI=1S/C9H5BrF5NO2/c10-2-6-7(18-9(13,14)15)4(3-17)1-5(16-6)8(11)12/h1,3,8H,2H2. The van der Waals surface area contributed by atoms with Crippen LogP contribution in [0.5, 0.6) is 5.75 Å². The van der Waals surface area contributed by atoms with Crippen LogP contribution in [-0.2, 0) is 5.33 Å². The van der Waals surface area contributed by atoms with Gasteiger partial charge < -0.3 is 4.74 Å². The molecule has 0 aliphatic rings. The second-order valence-electron chi connectivity index (χ2n) is 3.01. The maximum absolute atomic E-state index is 12.4. The minimum Gasteiger partial charge on any atom is -0.403 e. The fraction of sp³-hybridized carbons (Fsp3) is 0.333. The van der Waals surface area contributed by atoms with E-state index in [9.17, 15) is 26.7 Å². The number of rotatable bonds is 4. The van der Waals surface area contributed by atoms with Gasteiger partial charge in [-0.05, 0) is 6.07 Å². The summed E-state index contributed by atoms with van der Waals surface area (Å²) in [6.45, 7) is 0. The largest absolute Gasteiger partial charge is 0.573 e. The topological polar surface area (TPSA) is 39.2 Å². The third-order valence-corrected chi connectivity index (χ3v) is 2.32. The molecule has 0 aliphatic carbocycles. The van der Waals surface area contributed by atoms with Crippen LogP contribution in [-0.4, -0.2) is 17.6 Å². The van der Waals surface area contributed by atoms with Gasteiger partial charge in [-0.25, -0.2) is 13.8 Å². The van der Waals surface area contributed by atoms with Crippen molar-refractivity contribution in [3.63, 3.8) is 0 Å². The van der Waals surface area contributed by atoms with Crippen molar-refractivity contribution in [3.8, 4) is 5.75 Å². The fourth-order valence-electron chi connectivity index (χ4n) is 1.15. The van der Waals surface area contributed by atoms with E-state index in [2.05, 4.69) is 25.7 Å². The van der Waals surface area contributed by atoms with E-state index in [1.54, 1.807) is 0 Å². The van der Waals surface area contributed by atoms with E-state index in [1.807, 2.05) is 0 Å². The van der Waals surface area contributed by atoms with Crippen LogP contribution in [0.15, 0.2) is 6.07 Å². The molecule has 18 heavy (non-hydrogen) atoms. The molecule has 1 aromatic rings. The second kappa shape index (κ2) is 5.59. The van der Waals surface area contributed by atoms with E-state index in [4.69, 9.17) is 0 Å². The van der Waals surface area contributed by atoms with Crippen molar-refractivity contribution in [2.24, 2.45) is 0 Å². The number of pyridine rings is 1. The smallest absolute Gasteiger partial charge is 0.403 e. The summed E-state index contributed by atoms with van der Waals surface area (Å²) in [6, 6.07) is 0.560. The lowest BCUT2D eigenvalue weighted by Gasteiger charge is -2.14. The number of alkyl halides is 6. The average molecular weight is 334 g/mol. The van der Waals surface area contributed by atoms with Gasteiger partial charge in [-0.2, -0.15) is 0 Å². The summed E-state index contributed by atoms with van der Waals surface area (Å²) in [5.41, 5.74) is -1.85. The highest BCUT2D eigenvalue weighted by Crippen LogP contribution is 2.32. The van der Waals surface area contributed by atoms with Crippen molar-refractivity contribution in [2.45, 2.75) is 18.1 Å². The van der Waals surface area contributed by atoms with E-state index in [-0.39, 0.29) is 11.6 Å². The highest BCUT2D eigenvalue weighted by Gasteiger charge is 2.34. The first-order valence-corrected chi connectivity index (χ1v) is 5.49. The van der Waals surface area contributed by atoms with Gasteiger partial charge in [-0.1, -0.05) is 15.9 Å². The maximum atomic E-state index is 12.4. The third-order valence-electron chi connectivity index (χ3n) is 1.79. The molecule has 100 valence electrons. The molecular weight excluding hydrogens is 329 g/mol. The molecule has 0 amide bonds.